The molecule has 192 valence electrons. The van der Waals surface area contributed by atoms with E-state index in [0.29, 0.717) is 24.5 Å². The Morgan fingerprint density at radius 1 is 0.973 bits per heavy atom. The minimum absolute atomic E-state index is 0.000147. The Kier molecular flexibility index (Phi) is 8.09. The van der Waals surface area contributed by atoms with Crippen molar-refractivity contribution in [2.75, 3.05) is 13.2 Å². The van der Waals surface area contributed by atoms with Gasteiger partial charge in [0.15, 0.2) is 0 Å². The number of carbonyl (C=O) groups is 2. The monoisotopic (exact) mass is 499 g/mol. The molecule has 3 aromatic carbocycles. The lowest BCUT2D eigenvalue weighted by Crippen LogP contribution is -2.33. The van der Waals surface area contributed by atoms with Crippen LogP contribution in [0.25, 0.3) is 5.76 Å². The minimum atomic E-state index is -0.704. The van der Waals surface area contributed by atoms with Gasteiger partial charge in [0.1, 0.15) is 18.1 Å². The van der Waals surface area contributed by atoms with Crippen LogP contribution < -0.4 is 4.74 Å². The zero-order valence-electron chi connectivity index (χ0n) is 21.7. The van der Waals surface area contributed by atoms with Crippen molar-refractivity contribution in [2.45, 2.75) is 46.4 Å². The van der Waals surface area contributed by atoms with E-state index in [0.717, 1.165) is 22.3 Å². The molecule has 1 amide bonds. The Labute approximate surface area is 218 Å². The van der Waals surface area contributed by atoms with E-state index in [1.807, 2.05) is 82.3 Å². The summed E-state index contributed by atoms with van der Waals surface area (Å²) in [5, 5.41) is 11.4. The van der Waals surface area contributed by atoms with Gasteiger partial charge in [0, 0.05) is 12.1 Å². The van der Waals surface area contributed by atoms with Gasteiger partial charge in [0.05, 0.1) is 24.3 Å². The van der Waals surface area contributed by atoms with Gasteiger partial charge in [0.25, 0.3) is 11.7 Å². The first-order chi connectivity index (χ1) is 17.8. The van der Waals surface area contributed by atoms with E-state index in [1.165, 1.54) is 4.90 Å². The van der Waals surface area contributed by atoms with Crippen LogP contribution in [0, 0.1) is 13.8 Å². The molecule has 1 saturated heterocycles. The molecular weight excluding hydrogens is 466 g/mol. The number of ether oxygens (including phenoxy) is 2. The largest absolute Gasteiger partial charge is 0.507 e. The molecule has 0 aliphatic carbocycles. The Balaban J connectivity index is 1.68. The van der Waals surface area contributed by atoms with E-state index in [-0.39, 0.29) is 24.0 Å². The quantitative estimate of drug-likeness (QED) is 0.231. The van der Waals surface area contributed by atoms with Crippen LogP contribution in [0.15, 0.2) is 78.4 Å². The van der Waals surface area contributed by atoms with E-state index in [2.05, 4.69) is 0 Å². The van der Waals surface area contributed by atoms with Crippen molar-refractivity contribution >= 4 is 17.4 Å². The fourth-order valence-electron chi connectivity index (χ4n) is 4.53. The van der Waals surface area contributed by atoms with Gasteiger partial charge in [-0.05, 0) is 62.6 Å². The van der Waals surface area contributed by atoms with Gasteiger partial charge >= 0.3 is 0 Å². The maximum absolute atomic E-state index is 13.2. The van der Waals surface area contributed by atoms with E-state index >= 15 is 0 Å². The lowest BCUT2D eigenvalue weighted by atomic mass is 9.94. The number of hydrogen-bond acceptors (Lipinski definition) is 5. The van der Waals surface area contributed by atoms with Crippen LogP contribution in [-0.4, -0.2) is 41.0 Å². The molecule has 0 spiro atoms. The highest BCUT2D eigenvalue weighted by molar-refractivity contribution is 6.46. The predicted molar refractivity (Wildman–Crippen MR) is 143 cm³/mol. The lowest BCUT2D eigenvalue weighted by Gasteiger charge is -2.26. The smallest absolute Gasteiger partial charge is 0.295 e. The maximum atomic E-state index is 13.2. The average molecular weight is 500 g/mol. The number of rotatable bonds is 9. The third kappa shape index (κ3) is 5.92. The highest BCUT2D eigenvalue weighted by Gasteiger charge is 2.46. The molecule has 1 heterocycles. The molecule has 0 saturated carbocycles. The summed E-state index contributed by atoms with van der Waals surface area (Å²) in [7, 11) is 0. The van der Waals surface area contributed by atoms with Crippen molar-refractivity contribution in [3.05, 3.63) is 106 Å². The van der Waals surface area contributed by atoms with E-state index in [1.54, 1.807) is 18.2 Å². The molecule has 4 rings (SSSR count). The van der Waals surface area contributed by atoms with Gasteiger partial charge in [-0.1, -0.05) is 60.2 Å². The number of benzene rings is 3. The maximum Gasteiger partial charge on any atom is 0.295 e. The molecule has 0 bridgehead atoms. The molecule has 6 nitrogen and oxygen atoms in total. The van der Waals surface area contributed by atoms with Crippen LogP contribution in [0.1, 0.15) is 47.7 Å². The molecule has 1 unspecified atom stereocenters. The number of aliphatic hydroxyl groups excluding tert-OH is 1. The first kappa shape index (κ1) is 26.2. The predicted octanol–water partition coefficient (Wildman–Crippen LogP) is 5.73. The molecule has 0 radical (unpaired) electrons. The highest BCUT2D eigenvalue weighted by atomic mass is 16.5. The topological polar surface area (TPSA) is 76.1 Å². The normalized spacial score (nSPS) is 17.0. The SMILES string of the molecule is Cc1cccc(C2/C(=C(/O)c3ccc(OCc4ccccc4)c(C)c3)C(=O)C(=O)N2CCOC(C)C)c1. The first-order valence-corrected chi connectivity index (χ1v) is 12.5. The summed E-state index contributed by atoms with van der Waals surface area (Å²) in [5.41, 5.74) is 4.17. The summed E-state index contributed by atoms with van der Waals surface area (Å²) >= 11 is 0. The zero-order valence-corrected chi connectivity index (χ0v) is 21.7. The first-order valence-electron chi connectivity index (χ1n) is 12.5. The van der Waals surface area contributed by atoms with Crippen LogP contribution in [0.2, 0.25) is 0 Å². The highest BCUT2D eigenvalue weighted by Crippen LogP contribution is 2.40. The van der Waals surface area contributed by atoms with E-state index in [9.17, 15) is 14.7 Å². The van der Waals surface area contributed by atoms with Crippen LogP contribution in [0.4, 0.5) is 0 Å². The van der Waals surface area contributed by atoms with Crippen LogP contribution in [0.3, 0.4) is 0 Å². The van der Waals surface area contributed by atoms with Crippen molar-refractivity contribution < 1.29 is 24.2 Å². The second kappa shape index (κ2) is 11.4. The second-order valence-electron chi connectivity index (χ2n) is 9.58. The average Bonchev–Trinajstić information content (AvgIpc) is 3.13. The van der Waals surface area contributed by atoms with Crippen molar-refractivity contribution in [2.24, 2.45) is 0 Å². The van der Waals surface area contributed by atoms with Crippen molar-refractivity contribution in [3.63, 3.8) is 0 Å². The molecule has 1 fully saturated rings. The molecule has 37 heavy (non-hydrogen) atoms. The number of aryl methyl sites for hydroxylation is 2. The molecule has 1 aliphatic heterocycles. The van der Waals surface area contributed by atoms with Gasteiger partial charge in [-0.25, -0.2) is 0 Å². The van der Waals surface area contributed by atoms with Crippen LogP contribution >= 0.6 is 0 Å². The summed E-state index contributed by atoms with van der Waals surface area (Å²) in [5.74, 6) is -0.854. The number of likely N-dealkylation sites (tertiary alicyclic amines) is 1. The fraction of sp³-hybridized carbons (Fsp3) is 0.290. The Morgan fingerprint density at radius 2 is 1.73 bits per heavy atom. The second-order valence-corrected chi connectivity index (χ2v) is 9.58. The van der Waals surface area contributed by atoms with E-state index < -0.39 is 17.7 Å². The van der Waals surface area contributed by atoms with E-state index in [4.69, 9.17) is 9.47 Å². The number of aliphatic hydroxyl groups is 1. The Morgan fingerprint density at radius 3 is 2.41 bits per heavy atom. The number of hydrogen-bond donors (Lipinski definition) is 1. The number of amides is 1. The van der Waals surface area contributed by atoms with Crippen LogP contribution in [-0.2, 0) is 20.9 Å². The molecule has 3 aromatic rings. The van der Waals surface area contributed by atoms with Gasteiger partial charge in [-0.15, -0.1) is 0 Å². The third-order valence-electron chi connectivity index (χ3n) is 6.37. The lowest BCUT2D eigenvalue weighted by molar-refractivity contribution is -0.140. The molecule has 6 heteroatoms. The van der Waals surface area contributed by atoms with Gasteiger partial charge in [0.2, 0.25) is 0 Å². The number of ketones is 1. The standard InChI is InChI=1S/C31H33NO5/c1-20(2)36-16-15-32-28(24-12-8-9-21(3)17-24)27(30(34)31(32)35)29(33)25-13-14-26(22(4)18-25)37-19-23-10-6-5-7-11-23/h5-14,17-18,20,28,33H,15-16,19H2,1-4H3/b29-27-. The van der Waals surface area contributed by atoms with Crippen molar-refractivity contribution in [1.29, 1.82) is 0 Å². The number of nitrogens with zero attached hydrogens (tertiary/aromatic N) is 1. The summed E-state index contributed by atoms with van der Waals surface area (Å²) in [4.78, 5) is 27.8. The molecule has 1 atom stereocenters. The number of carbonyl (C=O) groups excluding carboxylic acids is 2. The molecular formula is C31H33NO5. The van der Waals surface area contributed by atoms with Crippen LogP contribution in [0.5, 0.6) is 5.75 Å². The third-order valence-corrected chi connectivity index (χ3v) is 6.37. The Bertz CT molecular complexity index is 1310. The summed E-state index contributed by atoms with van der Waals surface area (Å²) in [6, 6.07) is 22.1. The van der Waals surface area contributed by atoms with Gasteiger partial charge < -0.3 is 19.5 Å². The van der Waals surface area contributed by atoms with Gasteiger partial charge in [-0.2, -0.15) is 0 Å². The Hall–Kier alpha value is -3.90. The minimum Gasteiger partial charge on any atom is -0.507 e. The number of Topliss-reactive ketones (excluding diaryl/α,β-unsaturated/α-hetero) is 1. The molecule has 1 N–H and O–H groups in total. The molecule has 1 aliphatic rings. The van der Waals surface area contributed by atoms with Crippen molar-refractivity contribution in [1.82, 2.24) is 4.90 Å². The summed E-state index contributed by atoms with van der Waals surface area (Å²) in [6.45, 7) is 8.63. The fourth-order valence-corrected chi connectivity index (χ4v) is 4.53. The molecule has 0 aromatic heterocycles. The van der Waals surface area contributed by atoms with Crippen molar-refractivity contribution in [3.8, 4) is 5.75 Å². The zero-order chi connectivity index (χ0) is 26.5. The van der Waals surface area contributed by atoms with Gasteiger partial charge in [-0.3, -0.25) is 9.59 Å². The summed E-state index contributed by atoms with van der Waals surface area (Å²) < 4.78 is 11.6. The summed E-state index contributed by atoms with van der Waals surface area (Å²) in [6.07, 6.45) is -0.000147.